The third-order valence-electron chi connectivity index (χ3n) is 3.61. The number of ether oxygens (including phenoxy) is 1. The highest BCUT2D eigenvalue weighted by molar-refractivity contribution is 5.70. The molecule has 0 saturated heterocycles. The van der Waals surface area contributed by atoms with Crippen molar-refractivity contribution in [1.82, 2.24) is 9.78 Å². The van der Waals surface area contributed by atoms with Crippen molar-refractivity contribution in [3.8, 4) is 22.6 Å². The van der Waals surface area contributed by atoms with Gasteiger partial charge >= 0.3 is 0 Å². The number of hydrogen-bond donors (Lipinski definition) is 1. The van der Waals surface area contributed by atoms with Crippen LogP contribution in [0.5, 0.6) is 5.75 Å². The molecule has 0 aliphatic rings. The van der Waals surface area contributed by atoms with E-state index >= 15 is 0 Å². The van der Waals surface area contributed by atoms with E-state index in [9.17, 15) is 0 Å². The van der Waals surface area contributed by atoms with Crippen LogP contribution >= 0.6 is 0 Å². The van der Waals surface area contributed by atoms with Crippen molar-refractivity contribution in [2.75, 3.05) is 13.7 Å². The van der Waals surface area contributed by atoms with E-state index in [2.05, 4.69) is 17.2 Å². The lowest BCUT2D eigenvalue weighted by atomic mass is 10.0. The molecule has 0 saturated carbocycles. The van der Waals surface area contributed by atoms with Crippen LogP contribution in [-0.2, 0) is 6.42 Å². The Morgan fingerprint density at radius 3 is 2.68 bits per heavy atom. The van der Waals surface area contributed by atoms with E-state index in [1.807, 2.05) is 53.5 Å². The number of methoxy groups -OCH3 is 1. The van der Waals surface area contributed by atoms with Crippen molar-refractivity contribution in [3.63, 3.8) is 0 Å². The van der Waals surface area contributed by atoms with Gasteiger partial charge in [0.2, 0.25) is 0 Å². The lowest BCUT2D eigenvalue weighted by Gasteiger charge is -2.09. The van der Waals surface area contributed by atoms with Gasteiger partial charge in [-0.05, 0) is 42.8 Å². The third kappa shape index (κ3) is 2.87. The first-order valence-electron chi connectivity index (χ1n) is 7.29. The Labute approximate surface area is 130 Å². The van der Waals surface area contributed by atoms with Crippen molar-refractivity contribution in [2.45, 2.75) is 6.42 Å². The quantitative estimate of drug-likeness (QED) is 0.786. The Kier molecular flexibility index (Phi) is 4.21. The second-order valence-electron chi connectivity index (χ2n) is 5.08. The first-order valence-corrected chi connectivity index (χ1v) is 7.29. The van der Waals surface area contributed by atoms with E-state index < -0.39 is 0 Å². The summed E-state index contributed by atoms with van der Waals surface area (Å²) >= 11 is 0. The number of para-hydroxylation sites is 1. The zero-order chi connectivity index (χ0) is 15.4. The smallest absolute Gasteiger partial charge is 0.126 e. The van der Waals surface area contributed by atoms with E-state index in [1.165, 1.54) is 5.56 Å². The van der Waals surface area contributed by atoms with Crippen molar-refractivity contribution in [1.29, 1.82) is 0 Å². The summed E-state index contributed by atoms with van der Waals surface area (Å²) in [6.07, 6.45) is 4.72. The standard InChI is InChI=1S/C18H19N3O/c1-22-18-8-7-14(9-10-19)11-17(18)15-12-20-21(13-15)16-5-3-2-4-6-16/h2-8,11-13H,9-10,19H2,1H3. The molecule has 0 radical (unpaired) electrons. The maximum atomic E-state index is 5.65. The van der Waals surface area contributed by atoms with E-state index in [1.54, 1.807) is 7.11 Å². The summed E-state index contributed by atoms with van der Waals surface area (Å²) < 4.78 is 7.35. The second kappa shape index (κ2) is 6.45. The molecule has 1 aromatic heterocycles. The molecule has 0 fully saturated rings. The predicted molar refractivity (Wildman–Crippen MR) is 88.3 cm³/mol. The van der Waals surface area contributed by atoms with Crippen LogP contribution in [0.3, 0.4) is 0 Å². The van der Waals surface area contributed by atoms with Crippen LogP contribution in [-0.4, -0.2) is 23.4 Å². The molecule has 112 valence electrons. The van der Waals surface area contributed by atoms with Crippen molar-refractivity contribution < 1.29 is 4.74 Å². The molecule has 22 heavy (non-hydrogen) atoms. The van der Waals surface area contributed by atoms with Crippen molar-refractivity contribution in [3.05, 3.63) is 66.5 Å². The summed E-state index contributed by atoms with van der Waals surface area (Å²) in [6.45, 7) is 0.634. The molecule has 0 spiro atoms. The molecule has 0 aliphatic heterocycles. The molecule has 3 aromatic rings. The predicted octanol–water partition coefficient (Wildman–Crippen LogP) is 3.05. The average Bonchev–Trinajstić information content (AvgIpc) is 3.06. The van der Waals surface area contributed by atoms with Crippen LogP contribution in [0.25, 0.3) is 16.8 Å². The first-order chi connectivity index (χ1) is 10.8. The van der Waals surface area contributed by atoms with Crippen LogP contribution in [0.15, 0.2) is 60.9 Å². The van der Waals surface area contributed by atoms with Gasteiger partial charge in [0.25, 0.3) is 0 Å². The number of aromatic nitrogens is 2. The highest BCUT2D eigenvalue weighted by Crippen LogP contribution is 2.31. The van der Waals surface area contributed by atoms with Gasteiger partial charge in [-0.25, -0.2) is 4.68 Å². The largest absolute Gasteiger partial charge is 0.496 e. The molecule has 0 bridgehead atoms. The molecule has 1 heterocycles. The highest BCUT2D eigenvalue weighted by atomic mass is 16.5. The Bertz CT molecular complexity index is 750. The maximum absolute atomic E-state index is 5.65. The third-order valence-corrected chi connectivity index (χ3v) is 3.61. The number of nitrogens with two attached hydrogens (primary N) is 1. The van der Waals surface area contributed by atoms with Gasteiger partial charge in [-0.3, -0.25) is 0 Å². The van der Waals surface area contributed by atoms with Crippen molar-refractivity contribution in [2.24, 2.45) is 5.73 Å². The van der Waals surface area contributed by atoms with Gasteiger partial charge in [0, 0.05) is 17.3 Å². The molecule has 0 aliphatic carbocycles. The topological polar surface area (TPSA) is 53.1 Å². The molecule has 4 heteroatoms. The summed E-state index contributed by atoms with van der Waals surface area (Å²) in [6, 6.07) is 16.2. The Balaban J connectivity index is 2.00. The lowest BCUT2D eigenvalue weighted by molar-refractivity contribution is 0.416. The zero-order valence-electron chi connectivity index (χ0n) is 12.6. The molecule has 2 aromatic carbocycles. The number of hydrogen-bond acceptors (Lipinski definition) is 3. The highest BCUT2D eigenvalue weighted by Gasteiger charge is 2.10. The fourth-order valence-corrected chi connectivity index (χ4v) is 2.49. The van der Waals surface area contributed by atoms with Gasteiger partial charge in [-0.2, -0.15) is 5.10 Å². The lowest BCUT2D eigenvalue weighted by Crippen LogP contribution is -2.02. The SMILES string of the molecule is COc1ccc(CCN)cc1-c1cnn(-c2ccccc2)c1. The van der Waals surface area contributed by atoms with Gasteiger partial charge in [-0.1, -0.05) is 24.3 Å². The monoisotopic (exact) mass is 293 g/mol. The summed E-state index contributed by atoms with van der Waals surface area (Å²) in [4.78, 5) is 0. The minimum Gasteiger partial charge on any atom is -0.496 e. The minimum atomic E-state index is 0.634. The summed E-state index contributed by atoms with van der Waals surface area (Å²) in [5, 5.41) is 4.45. The number of nitrogens with zero attached hydrogens (tertiary/aromatic N) is 2. The van der Waals surface area contributed by atoms with Gasteiger partial charge in [-0.15, -0.1) is 0 Å². The van der Waals surface area contributed by atoms with Crippen molar-refractivity contribution >= 4 is 0 Å². The molecular weight excluding hydrogens is 274 g/mol. The van der Waals surface area contributed by atoms with E-state index in [0.717, 1.165) is 29.0 Å². The Morgan fingerprint density at radius 1 is 1.14 bits per heavy atom. The normalized spacial score (nSPS) is 10.6. The second-order valence-corrected chi connectivity index (χ2v) is 5.08. The van der Waals surface area contributed by atoms with Gasteiger partial charge < -0.3 is 10.5 Å². The minimum absolute atomic E-state index is 0.634. The molecule has 0 atom stereocenters. The fraction of sp³-hybridized carbons (Fsp3) is 0.167. The first kappa shape index (κ1) is 14.4. The van der Waals surface area contributed by atoms with Crippen LogP contribution in [0.4, 0.5) is 0 Å². The van der Waals surface area contributed by atoms with Crippen LogP contribution < -0.4 is 10.5 Å². The van der Waals surface area contributed by atoms with Gasteiger partial charge in [0.05, 0.1) is 19.0 Å². The molecule has 0 unspecified atom stereocenters. The van der Waals surface area contributed by atoms with E-state index in [0.29, 0.717) is 6.54 Å². The van der Waals surface area contributed by atoms with Crippen LogP contribution in [0.2, 0.25) is 0 Å². The molecule has 3 rings (SSSR count). The Hall–Kier alpha value is -2.59. The molecule has 4 nitrogen and oxygen atoms in total. The van der Waals surface area contributed by atoms with Crippen LogP contribution in [0, 0.1) is 0 Å². The summed E-state index contributed by atoms with van der Waals surface area (Å²) in [5.41, 5.74) is 9.95. The number of rotatable bonds is 5. The molecule has 2 N–H and O–H groups in total. The summed E-state index contributed by atoms with van der Waals surface area (Å²) in [5.74, 6) is 0.841. The van der Waals surface area contributed by atoms with Crippen LogP contribution in [0.1, 0.15) is 5.56 Å². The number of benzene rings is 2. The average molecular weight is 293 g/mol. The maximum Gasteiger partial charge on any atom is 0.126 e. The molecular formula is C18H19N3O. The summed E-state index contributed by atoms with van der Waals surface area (Å²) in [7, 11) is 1.68. The van der Waals surface area contributed by atoms with Gasteiger partial charge in [0.1, 0.15) is 5.75 Å². The van der Waals surface area contributed by atoms with Gasteiger partial charge in [0.15, 0.2) is 0 Å². The van der Waals surface area contributed by atoms with E-state index in [4.69, 9.17) is 10.5 Å². The zero-order valence-corrected chi connectivity index (χ0v) is 12.6. The molecule has 0 amide bonds. The fourth-order valence-electron chi connectivity index (χ4n) is 2.49. The van der Waals surface area contributed by atoms with E-state index in [-0.39, 0.29) is 0 Å². The Morgan fingerprint density at radius 2 is 1.95 bits per heavy atom.